The van der Waals surface area contributed by atoms with Crippen molar-refractivity contribution in [3.05, 3.63) is 94.5 Å². The number of aryl methyl sites for hydroxylation is 1. The molecule has 1 aliphatic heterocycles. The predicted octanol–water partition coefficient (Wildman–Crippen LogP) is 4.51. The van der Waals surface area contributed by atoms with Crippen molar-refractivity contribution in [1.82, 2.24) is 14.8 Å². The molecule has 41 heavy (non-hydrogen) atoms. The van der Waals surface area contributed by atoms with E-state index in [0.717, 1.165) is 16.8 Å². The largest absolute Gasteiger partial charge is 0.497 e. The molecule has 0 radical (unpaired) electrons. The minimum absolute atomic E-state index is 0.0527. The molecule has 1 atom stereocenters. The summed E-state index contributed by atoms with van der Waals surface area (Å²) in [5.74, 6) is 2.41. The number of methoxy groups -OCH3 is 1. The normalized spacial score (nSPS) is 14.0. The van der Waals surface area contributed by atoms with Gasteiger partial charge in [0.1, 0.15) is 30.0 Å². The van der Waals surface area contributed by atoms with Crippen LogP contribution in [0.4, 0.5) is 5.69 Å². The van der Waals surface area contributed by atoms with Crippen molar-refractivity contribution in [3.63, 3.8) is 0 Å². The van der Waals surface area contributed by atoms with Crippen molar-refractivity contribution < 1.29 is 19.0 Å². The minimum Gasteiger partial charge on any atom is -0.497 e. The molecule has 0 bridgehead atoms. The number of aliphatic imine (C=N–C) groups is 1. The van der Waals surface area contributed by atoms with Crippen LogP contribution in [0, 0.1) is 6.92 Å². The number of aromatic nitrogens is 3. The van der Waals surface area contributed by atoms with E-state index in [2.05, 4.69) is 15.5 Å². The average molecular weight is 575 g/mol. The second-order valence-corrected chi connectivity index (χ2v) is 9.79. The Morgan fingerprint density at radius 3 is 2.49 bits per heavy atom. The van der Waals surface area contributed by atoms with Gasteiger partial charge >= 0.3 is 0 Å². The average Bonchev–Trinajstić information content (AvgIpc) is 3.31. The topological polar surface area (TPSA) is 126 Å². The van der Waals surface area contributed by atoms with Crippen LogP contribution >= 0.6 is 11.6 Å². The van der Waals surface area contributed by atoms with Gasteiger partial charge in [-0.15, -0.1) is 10.2 Å². The third-order valence-electron chi connectivity index (χ3n) is 6.53. The Morgan fingerprint density at radius 2 is 1.76 bits per heavy atom. The van der Waals surface area contributed by atoms with Crippen molar-refractivity contribution in [2.24, 2.45) is 10.7 Å². The zero-order valence-corrected chi connectivity index (χ0v) is 23.6. The summed E-state index contributed by atoms with van der Waals surface area (Å²) in [6.07, 6.45) is 0.0527. The fourth-order valence-electron chi connectivity index (χ4n) is 4.60. The fourth-order valence-corrected chi connectivity index (χ4v) is 4.73. The van der Waals surface area contributed by atoms with Crippen LogP contribution in [-0.2, 0) is 9.53 Å². The molecule has 0 saturated heterocycles. The second kappa shape index (κ2) is 12.9. The maximum absolute atomic E-state index is 13.3. The molecule has 1 aliphatic rings. The lowest BCUT2D eigenvalue weighted by molar-refractivity contribution is -0.116. The van der Waals surface area contributed by atoms with Crippen molar-refractivity contribution in [3.8, 4) is 17.2 Å². The molecule has 10 nitrogen and oxygen atoms in total. The molecule has 212 valence electrons. The number of carbonyl (C=O) groups is 1. The first-order valence-corrected chi connectivity index (χ1v) is 13.6. The van der Waals surface area contributed by atoms with Gasteiger partial charge < -0.3 is 25.3 Å². The molecular formula is C30H31ClN6O4. The van der Waals surface area contributed by atoms with E-state index in [-0.39, 0.29) is 12.3 Å². The molecule has 0 aliphatic carbocycles. The summed E-state index contributed by atoms with van der Waals surface area (Å²) >= 11 is 6.18. The standard InChI is InChI=1S/C30H31ClN6O4/c1-19-35-36-30-26(18-28(38)33-22-7-9-23(10-8-22)41-16-15-40-14-13-32)34-29(20-3-5-21(31)6-4-20)25-17-24(39-2)11-12-27(25)37(19)30/h3-12,17,26H,13-16,18,32H2,1-2H3,(H,33,38)/t26-/m0/s1. The molecule has 0 spiro atoms. The van der Waals surface area contributed by atoms with Gasteiger partial charge in [0.25, 0.3) is 0 Å². The highest BCUT2D eigenvalue weighted by molar-refractivity contribution is 6.30. The highest BCUT2D eigenvalue weighted by atomic mass is 35.5. The molecule has 3 aromatic carbocycles. The van der Waals surface area contributed by atoms with Gasteiger partial charge in [-0.2, -0.15) is 0 Å². The Kier molecular flexibility index (Phi) is 8.93. The molecule has 3 N–H and O–H groups in total. The number of halogens is 1. The molecular weight excluding hydrogens is 544 g/mol. The Balaban J connectivity index is 1.41. The molecule has 0 saturated carbocycles. The van der Waals surface area contributed by atoms with Crippen LogP contribution in [0.15, 0.2) is 71.7 Å². The van der Waals surface area contributed by atoms with Crippen LogP contribution in [0.25, 0.3) is 5.69 Å². The Morgan fingerprint density at radius 1 is 1.00 bits per heavy atom. The van der Waals surface area contributed by atoms with Gasteiger partial charge in [0.15, 0.2) is 5.82 Å². The van der Waals surface area contributed by atoms with Gasteiger partial charge in [-0.25, -0.2) is 0 Å². The van der Waals surface area contributed by atoms with Gasteiger partial charge in [0.05, 0.1) is 38.1 Å². The van der Waals surface area contributed by atoms with Gasteiger partial charge in [0, 0.05) is 28.4 Å². The molecule has 11 heteroatoms. The summed E-state index contributed by atoms with van der Waals surface area (Å²) in [6.45, 7) is 3.72. The van der Waals surface area contributed by atoms with Crippen LogP contribution in [0.2, 0.25) is 5.02 Å². The first kappa shape index (κ1) is 28.3. The number of carbonyl (C=O) groups excluding carboxylic acids is 1. The van der Waals surface area contributed by atoms with Crippen molar-refractivity contribution in [2.75, 3.05) is 38.8 Å². The molecule has 0 fully saturated rings. The van der Waals surface area contributed by atoms with E-state index in [1.165, 1.54) is 0 Å². The molecule has 2 heterocycles. The summed E-state index contributed by atoms with van der Waals surface area (Å²) in [4.78, 5) is 18.4. The highest BCUT2D eigenvalue weighted by Gasteiger charge is 2.30. The third-order valence-corrected chi connectivity index (χ3v) is 6.78. The Bertz CT molecular complexity index is 1540. The number of ether oxygens (including phenoxy) is 3. The first-order valence-electron chi connectivity index (χ1n) is 13.2. The fraction of sp³-hybridized carbons (Fsp3) is 0.267. The first-order chi connectivity index (χ1) is 20.0. The van der Waals surface area contributed by atoms with Crippen molar-refractivity contribution in [1.29, 1.82) is 0 Å². The summed E-state index contributed by atoms with van der Waals surface area (Å²) in [6, 6.07) is 19.8. The number of anilines is 1. The third kappa shape index (κ3) is 6.57. The van der Waals surface area contributed by atoms with E-state index in [1.54, 1.807) is 31.4 Å². The number of rotatable bonds is 11. The lowest BCUT2D eigenvalue weighted by Gasteiger charge is -2.14. The van der Waals surface area contributed by atoms with Gasteiger partial charge in [-0.3, -0.25) is 14.4 Å². The smallest absolute Gasteiger partial charge is 0.227 e. The summed E-state index contributed by atoms with van der Waals surface area (Å²) in [7, 11) is 1.62. The highest BCUT2D eigenvalue weighted by Crippen LogP contribution is 2.34. The number of nitrogens with zero attached hydrogens (tertiary/aromatic N) is 4. The van der Waals surface area contributed by atoms with E-state index in [9.17, 15) is 4.79 Å². The molecule has 1 aromatic heterocycles. The maximum Gasteiger partial charge on any atom is 0.227 e. The summed E-state index contributed by atoms with van der Waals surface area (Å²) in [5.41, 5.74) is 9.30. The predicted molar refractivity (Wildman–Crippen MR) is 158 cm³/mol. The number of hydrogen-bond acceptors (Lipinski definition) is 8. The van der Waals surface area contributed by atoms with Crippen LogP contribution < -0.4 is 20.5 Å². The Hall–Kier alpha value is -4.25. The van der Waals surface area contributed by atoms with Gasteiger partial charge in [0.2, 0.25) is 5.91 Å². The van der Waals surface area contributed by atoms with Crippen molar-refractivity contribution in [2.45, 2.75) is 19.4 Å². The molecule has 1 amide bonds. The second-order valence-electron chi connectivity index (χ2n) is 9.35. The van der Waals surface area contributed by atoms with E-state index in [0.29, 0.717) is 65.9 Å². The lowest BCUT2D eigenvalue weighted by atomic mass is 10.00. The summed E-state index contributed by atoms with van der Waals surface area (Å²) in [5, 5.41) is 12.3. The van der Waals surface area contributed by atoms with E-state index in [4.69, 9.17) is 36.5 Å². The van der Waals surface area contributed by atoms with E-state index >= 15 is 0 Å². The van der Waals surface area contributed by atoms with Crippen LogP contribution in [0.3, 0.4) is 0 Å². The zero-order valence-electron chi connectivity index (χ0n) is 22.8. The molecule has 4 aromatic rings. The Labute approximate surface area is 243 Å². The number of nitrogens with one attached hydrogen (secondary N) is 1. The maximum atomic E-state index is 13.3. The molecule has 5 rings (SSSR count). The number of benzene rings is 3. The zero-order chi connectivity index (χ0) is 28.8. The van der Waals surface area contributed by atoms with Gasteiger partial charge in [-0.1, -0.05) is 23.7 Å². The lowest BCUT2D eigenvalue weighted by Crippen LogP contribution is -2.17. The van der Waals surface area contributed by atoms with Crippen LogP contribution in [-0.4, -0.2) is 59.9 Å². The SMILES string of the molecule is COc1ccc2c(c1)C(c1ccc(Cl)cc1)=N[C@@H](CC(=O)Nc1ccc(OCCOCCN)cc1)c1nnc(C)n1-2. The summed E-state index contributed by atoms with van der Waals surface area (Å²) < 4.78 is 18.5. The van der Waals surface area contributed by atoms with Crippen LogP contribution in [0.5, 0.6) is 11.5 Å². The number of nitrogens with two attached hydrogens (primary N) is 1. The number of fused-ring (bicyclic) bond motifs is 3. The number of amides is 1. The van der Waals surface area contributed by atoms with Crippen molar-refractivity contribution >= 4 is 28.9 Å². The van der Waals surface area contributed by atoms with E-state index in [1.807, 2.05) is 54.0 Å². The van der Waals surface area contributed by atoms with Gasteiger partial charge in [-0.05, 0) is 61.5 Å². The van der Waals surface area contributed by atoms with E-state index < -0.39 is 6.04 Å². The minimum atomic E-state index is -0.601. The number of hydrogen-bond donors (Lipinski definition) is 2. The van der Waals surface area contributed by atoms with Crippen LogP contribution in [0.1, 0.15) is 35.2 Å². The monoisotopic (exact) mass is 574 g/mol. The molecule has 0 unspecified atom stereocenters. The quantitative estimate of drug-likeness (QED) is 0.252.